The molecule has 1 unspecified atom stereocenters. The zero-order valence-corrected chi connectivity index (χ0v) is 10.0. The van der Waals surface area contributed by atoms with Crippen molar-refractivity contribution in [1.82, 2.24) is 4.98 Å². The highest BCUT2D eigenvalue weighted by Gasteiger charge is 2.21. The van der Waals surface area contributed by atoms with Gasteiger partial charge in [0.1, 0.15) is 5.82 Å². The van der Waals surface area contributed by atoms with Crippen molar-refractivity contribution in [2.75, 3.05) is 18.0 Å². The van der Waals surface area contributed by atoms with Crippen molar-refractivity contribution in [3.8, 4) is 0 Å². The summed E-state index contributed by atoms with van der Waals surface area (Å²) in [6.07, 6.45) is 4.10. The molecule has 1 aromatic heterocycles. The van der Waals surface area contributed by atoms with Crippen LogP contribution in [-0.4, -0.2) is 29.1 Å². The summed E-state index contributed by atoms with van der Waals surface area (Å²) in [5, 5.41) is 11.5. The van der Waals surface area contributed by atoms with Crippen molar-refractivity contribution in [1.29, 1.82) is 0 Å². The van der Waals surface area contributed by atoms with E-state index in [2.05, 4.69) is 22.0 Å². The van der Waals surface area contributed by atoms with E-state index in [1.54, 1.807) is 6.20 Å². The molecule has 5 heteroatoms. The molecule has 1 atom stereocenters. The van der Waals surface area contributed by atoms with Gasteiger partial charge in [-0.15, -0.1) is 0 Å². The quantitative estimate of drug-likeness (QED) is 0.359. The van der Waals surface area contributed by atoms with Crippen LogP contribution in [0.5, 0.6) is 0 Å². The summed E-state index contributed by atoms with van der Waals surface area (Å²) in [5.74, 6) is 1.84. The van der Waals surface area contributed by atoms with E-state index < -0.39 is 0 Å². The van der Waals surface area contributed by atoms with Crippen LogP contribution in [0.1, 0.15) is 25.3 Å². The maximum absolute atomic E-state index is 8.56. The van der Waals surface area contributed by atoms with Gasteiger partial charge in [0.05, 0.1) is 0 Å². The first kappa shape index (κ1) is 11.7. The number of aromatic nitrogens is 1. The van der Waals surface area contributed by atoms with Crippen molar-refractivity contribution >= 4 is 11.7 Å². The molecule has 92 valence electrons. The molecule has 1 fully saturated rings. The minimum absolute atomic E-state index is 0.0944. The van der Waals surface area contributed by atoms with Gasteiger partial charge in [0.25, 0.3) is 0 Å². The van der Waals surface area contributed by atoms with Gasteiger partial charge >= 0.3 is 0 Å². The number of hydrogen-bond donors (Lipinski definition) is 2. The van der Waals surface area contributed by atoms with Gasteiger partial charge in [0, 0.05) is 24.8 Å². The summed E-state index contributed by atoms with van der Waals surface area (Å²) in [5.41, 5.74) is 6.13. The summed E-state index contributed by atoms with van der Waals surface area (Å²) in [7, 11) is 0. The molecule has 17 heavy (non-hydrogen) atoms. The highest BCUT2D eigenvalue weighted by molar-refractivity contribution is 5.96. The number of rotatable bonds is 3. The van der Waals surface area contributed by atoms with Crippen LogP contribution in [0.15, 0.2) is 23.5 Å². The molecular weight excluding hydrogens is 216 g/mol. The van der Waals surface area contributed by atoms with Gasteiger partial charge in [-0.3, -0.25) is 0 Å². The second-order valence-electron chi connectivity index (χ2n) is 4.40. The lowest BCUT2D eigenvalue weighted by Crippen LogP contribution is -2.21. The van der Waals surface area contributed by atoms with Gasteiger partial charge in [-0.1, -0.05) is 18.5 Å². The molecule has 0 radical (unpaired) electrons. The molecule has 1 aromatic rings. The van der Waals surface area contributed by atoms with Crippen LogP contribution in [0.25, 0.3) is 0 Å². The van der Waals surface area contributed by atoms with Crippen LogP contribution in [0.3, 0.4) is 0 Å². The van der Waals surface area contributed by atoms with E-state index in [-0.39, 0.29) is 5.84 Å². The maximum atomic E-state index is 8.56. The minimum atomic E-state index is 0.0944. The molecule has 2 rings (SSSR count). The van der Waals surface area contributed by atoms with E-state index in [0.29, 0.717) is 5.56 Å². The van der Waals surface area contributed by atoms with Crippen LogP contribution < -0.4 is 10.6 Å². The second kappa shape index (κ2) is 5.03. The standard InChI is InChI=1S/C12H18N4O/c1-2-9-5-6-16(8-9)11-4-3-10(7-14-11)12(13)15-17/h3-4,7,9,17H,2,5-6,8H2,1H3,(H2,13,15). The Hall–Kier alpha value is -1.78. The third-order valence-electron chi connectivity index (χ3n) is 3.34. The van der Waals surface area contributed by atoms with E-state index in [9.17, 15) is 0 Å². The van der Waals surface area contributed by atoms with Gasteiger partial charge in [-0.25, -0.2) is 4.98 Å². The lowest BCUT2D eigenvalue weighted by molar-refractivity contribution is 0.318. The Morgan fingerprint density at radius 1 is 1.65 bits per heavy atom. The lowest BCUT2D eigenvalue weighted by atomic mass is 10.1. The fourth-order valence-corrected chi connectivity index (χ4v) is 2.16. The number of oxime groups is 1. The molecule has 3 N–H and O–H groups in total. The molecule has 5 nitrogen and oxygen atoms in total. The zero-order chi connectivity index (χ0) is 12.3. The molecule has 1 saturated heterocycles. The largest absolute Gasteiger partial charge is 0.409 e. The van der Waals surface area contributed by atoms with Gasteiger partial charge in [-0.05, 0) is 24.5 Å². The van der Waals surface area contributed by atoms with E-state index >= 15 is 0 Å². The number of amidine groups is 1. The van der Waals surface area contributed by atoms with Crippen LogP contribution in [0.4, 0.5) is 5.82 Å². The minimum Gasteiger partial charge on any atom is -0.409 e. The highest BCUT2D eigenvalue weighted by atomic mass is 16.4. The van der Waals surface area contributed by atoms with E-state index in [0.717, 1.165) is 24.8 Å². The smallest absolute Gasteiger partial charge is 0.171 e. The third-order valence-corrected chi connectivity index (χ3v) is 3.34. The summed E-state index contributed by atoms with van der Waals surface area (Å²) >= 11 is 0. The van der Waals surface area contributed by atoms with Crippen molar-refractivity contribution in [2.24, 2.45) is 16.8 Å². The lowest BCUT2D eigenvalue weighted by Gasteiger charge is -2.17. The number of nitrogens with two attached hydrogens (primary N) is 1. The number of pyridine rings is 1. The Bertz CT molecular complexity index is 401. The average molecular weight is 234 g/mol. The first-order valence-electron chi connectivity index (χ1n) is 5.93. The normalized spacial score (nSPS) is 20.9. The van der Waals surface area contributed by atoms with Crippen LogP contribution in [0.2, 0.25) is 0 Å². The first-order chi connectivity index (χ1) is 8.24. The summed E-state index contributed by atoms with van der Waals surface area (Å²) in [6.45, 7) is 4.37. The predicted octanol–water partition coefficient (Wildman–Crippen LogP) is 1.41. The molecular formula is C12H18N4O. The summed E-state index contributed by atoms with van der Waals surface area (Å²) in [6, 6.07) is 3.75. The average Bonchev–Trinajstić information content (AvgIpc) is 2.87. The van der Waals surface area contributed by atoms with Crippen molar-refractivity contribution in [2.45, 2.75) is 19.8 Å². The highest BCUT2D eigenvalue weighted by Crippen LogP contribution is 2.23. The van der Waals surface area contributed by atoms with Crippen molar-refractivity contribution < 1.29 is 5.21 Å². The molecule has 1 aliphatic heterocycles. The summed E-state index contributed by atoms with van der Waals surface area (Å²) < 4.78 is 0. The fourth-order valence-electron chi connectivity index (χ4n) is 2.16. The predicted molar refractivity (Wildman–Crippen MR) is 67.4 cm³/mol. The monoisotopic (exact) mass is 234 g/mol. The van der Waals surface area contributed by atoms with Crippen LogP contribution >= 0.6 is 0 Å². The van der Waals surface area contributed by atoms with Crippen molar-refractivity contribution in [3.63, 3.8) is 0 Å². The first-order valence-corrected chi connectivity index (χ1v) is 5.93. The summed E-state index contributed by atoms with van der Waals surface area (Å²) in [4.78, 5) is 6.63. The van der Waals surface area contributed by atoms with Gasteiger partial charge in [-0.2, -0.15) is 0 Å². The van der Waals surface area contributed by atoms with Gasteiger partial charge in [0.15, 0.2) is 5.84 Å². The Kier molecular flexibility index (Phi) is 3.46. The zero-order valence-electron chi connectivity index (χ0n) is 10.0. The molecule has 0 spiro atoms. The molecule has 1 aliphatic rings. The fraction of sp³-hybridized carbons (Fsp3) is 0.500. The van der Waals surface area contributed by atoms with Gasteiger partial charge in [0.2, 0.25) is 0 Å². The number of hydrogen-bond acceptors (Lipinski definition) is 4. The Balaban J connectivity index is 2.08. The number of nitrogens with zero attached hydrogens (tertiary/aromatic N) is 3. The topological polar surface area (TPSA) is 74.7 Å². The number of anilines is 1. The second-order valence-corrected chi connectivity index (χ2v) is 4.40. The van der Waals surface area contributed by atoms with Crippen molar-refractivity contribution in [3.05, 3.63) is 23.9 Å². The maximum Gasteiger partial charge on any atom is 0.171 e. The van der Waals surface area contributed by atoms with Gasteiger partial charge < -0.3 is 15.8 Å². The molecule has 0 amide bonds. The SMILES string of the molecule is CCC1CCN(c2ccc(/C(N)=N/O)cn2)C1. The van der Waals surface area contributed by atoms with Crippen LogP contribution in [0, 0.1) is 5.92 Å². The van der Waals surface area contributed by atoms with E-state index in [1.807, 2.05) is 12.1 Å². The Morgan fingerprint density at radius 3 is 3.00 bits per heavy atom. The van der Waals surface area contributed by atoms with E-state index in [1.165, 1.54) is 12.8 Å². The Labute approximate surface area is 101 Å². The van der Waals surface area contributed by atoms with E-state index in [4.69, 9.17) is 10.9 Å². The molecule has 0 bridgehead atoms. The molecule has 0 aliphatic carbocycles. The molecule has 0 saturated carbocycles. The Morgan fingerprint density at radius 2 is 2.47 bits per heavy atom. The van der Waals surface area contributed by atoms with Crippen LogP contribution in [-0.2, 0) is 0 Å². The third kappa shape index (κ3) is 2.49. The molecule has 2 heterocycles. The molecule has 0 aromatic carbocycles.